The SMILES string of the molecule is CCCCCCCCC(CCCCCCCC)OC(=O)CCCCCCCN(CCCCCCCC)CCCNc1c(N(CC)CC)c(=O)c1=O. The standard InChI is InChI=1S/C44H83N3O4/c1-6-11-14-17-21-26-32-39(33-27-22-18-15-12-7-2)51-40(48)34-28-23-20-25-30-37-46(36-29-24-19-16-13-8-3)38-31-35-45-41-42(44(50)43(41)49)47(9-4)10-5/h39,45H,6-38H2,1-5H3. The second-order valence-electron chi connectivity index (χ2n) is 15.2. The van der Waals surface area contributed by atoms with E-state index in [4.69, 9.17) is 4.74 Å². The summed E-state index contributed by atoms with van der Waals surface area (Å²) >= 11 is 0. The quantitative estimate of drug-likeness (QED) is 0.0414. The minimum Gasteiger partial charge on any atom is -0.462 e. The Hall–Kier alpha value is -1.89. The lowest BCUT2D eigenvalue weighted by molar-refractivity contribution is -0.150. The van der Waals surface area contributed by atoms with Gasteiger partial charge < -0.3 is 19.9 Å². The van der Waals surface area contributed by atoms with E-state index >= 15 is 0 Å². The van der Waals surface area contributed by atoms with Crippen LogP contribution in [0.1, 0.15) is 208 Å². The van der Waals surface area contributed by atoms with Gasteiger partial charge in [0.05, 0.1) is 0 Å². The summed E-state index contributed by atoms with van der Waals surface area (Å²) in [5.41, 5.74) is 0.374. The Morgan fingerprint density at radius 1 is 0.549 bits per heavy atom. The average molecular weight is 718 g/mol. The molecular formula is C44H83N3O4. The molecule has 0 radical (unpaired) electrons. The Bertz CT molecular complexity index is 1000. The molecule has 0 aliphatic rings. The number of carbonyl (C=O) groups excluding carboxylic acids is 1. The third-order valence-electron chi connectivity index (χ3n) is 10.7. The van der Waals surface area contributed by atoms with Crippen LogP contribution in [0.3, 0.4) is 0 Å². The average Bonchev–Trinajstić information content (AvgIpc) is 3.13. The van der Waals surface area contributed by atoms with Crippen LogP contribution in [0.2, 0.25) is 0 Å². The molecule has 1 aromatic carbocycles. The van der Waals surface area contributed by atoms with Crippen molar-refractivity contribution < 1.29 is 9.53 Å². The fourth-order valence-corrected chi connectivity index (χ4v) is 7.30. The zero-order valence-corrected chi connectivity index (χ0v) is 34.4. The maximum atomic E-state index is 12.8. The Morgan fingerprint density at radius 2 is 0.980 bits per heavy atom. The van der Waals surface area contributed by atoms with Gasteiger partial charge >= 0.3 is 5.97 Å². The highest BCUT2D eigenvalue weighted by Gasteiger charge is 2.24. The molecule has 1 rings (SSSR count). The molecule has 51 heavy (non-hydrogen) atoms. The van der Waals surface area contributed by atoms with Gasteiger partial charge in [-0.1, -0.05) is 136 Å². The molecule has 0 spiro atoms. The molecule has 0 saturated heterocycles. The Labute approximate surface area is 315 Å². The lowest BCUT2D eigenvalue weighted by atomic mass is 10.0. The van der Waals surface area contributed by atoms with Crippen molar-refractivity contribution in [1.82, 2.24) is 4.90 Å². The minimum atomic E-state index is -0.366. The molecule has 1 N–H and O–H groups in total. The van der Waals surface area contributed by atoms with Crippen LogP contribution in [0.25, 0.3) is 0 Å². The minimum absolute atomic E-state index is 0.0173. The van der Waals surface area contributed by atoms with Crippen molar-refractivity contribution in [1.29, 1.82) is 0 Å². The van der Waals surface area contributed by atoms with Gasteiger partial charge in [0.15, 0.2) is 0 Å². The van der Waals surface area contributed by atoms with E-state index in [2.05, 4.69) is 31.0 Å². The fourth-order valence-electron chi connectivity index (χ4n) is 7.30. The number of anilines is 2. The van der Waals surface area contributed by atoms with Crippen LogP contribution in [0.4, 0.5) is 11.4 Å². The topological polar surface area (TPSA) is 79.0 Å². The van der Waals surface area contributed by atoms with Crippen molar-refractivity contribution in [2.45, 2.75) is 214 Å². The molecule has 0 saturated carbocycles. The summed E-state index contributed by atoms with van der Waals surface area (Å²) in [5, 5.41) is 3.30. The first-order chi connectivity index (χ1) is 24.9. The Kier molecular flexibility index (Phi) is 30.3. The van der Waals surface area contributed by atoms with Gasteiger partial charge in [-0.3, -0.25) is 14.4 Å². The lowest BCUT2D eigenvalue weighted by Gasteiger charge is -2.26. The van der Waals surface area contributed by atoms with E-state index in [0.29, 0.717) is 24.3 Å². The summed E-state index contributed by atoms with van der Waals surface area (Å²) in [5.74, 6) is 0.0173. The molecule has 7 heteroatoms. The number of hydrogen-bond acceptors (Lipinski definition) is 7. The summed E-state index contributed by atoms with van der Waals surface area (Å²) in [4.78, 5) is 41.8. The van der Waals surface area contributed by atoms with Gasteiger partial charge in [0.2, 0.25) is 0 Å². The zero-order valence-electron chi connectivity index (χ0n) is 34.4. The van der Waals surface area contributed by atoms with Gasteiger partial charge in [-0.25, -0.2) is 0 Å². The third kappa shape index (κ3) is 22.7. The molecule has 0 fully saturated rings. The molecule has 7 nitrogen and oxygen atoms in total. The van der Waals surface area contributed by atoms with E-state index in [9.17, 15) is 14.4 Å². The molecule has 298 valence electrons. The molecule has 0 amide bonds. The van der Waals surface area contributed by atoms with Crippen molar-refractivity contribution in [3.8, 4) is 0 Å². The number of hydrogen-bond donors (Lipinski definition) is 1. The van der Waals surface area contributed by atoms with Crippen molar-refractivity contribution in [2.75, 3.05) is 49.5 Å². The van der Waals surface area contributed by atoms with Crippen LogP contribution >= 0.6 is 0 Å². The van der Waals surface area contributed by atoms with Gasteiger partial charge in [-0.15, -0.1) is 0 Å². The molecule has 0 heterocycles. The first kappa shape index (κ1) is 47.1. The fraction of sp³-hybridized carbons (Fsp3) is 0.886. The predicted octanol–water partition coefficient (Wildman–Crippen LogP) is 11.3. The van der Waals surface area contributed by atoms with Crippen molar-refractivity contribution >= 4 is 17.3 Å². The van der Waals surface area contributed by atoms with E-state index < -0.39 is 0 Å². The number of carbonyl (C=O) groups is 1. The highest BCUT2D eigenvalue weighted by atomic mass is 16.5. The van der Waals surface area contributed by atoms with Crippen LogP contribution in [0.15, 0.2) is 9.59 Å². The van der Waals surface area contributed by atoms with E-state index in [1.165, 1.54) is 128 Å². The Balaban J connectivity index is 2.41. The molecule has 0 atom stereocenters. The number of nitrogens with one attached hydrogen (secondary N) is 1. The number of nitrogens with zero attached hydrogens (tertiary/aromatic N) is 2. The highest BCUT2D eigenvalue weighted by Crippen LogP contribution is 2.20. The van der Waals surface area contributed by atoms with Crippen molar-refractivity contribution in [3.63, 3.8) is 0 Å². The van der Waals surface area contributed by atoms with Gasteiger partial charge in [0.1, 0.15) is 17.5 Å². The van der Waals surface area contributed by atoms with Gasteiger partial charge in [0.25, 0.3) is 10.9 Å². The second kappa shape index (κ2) is 32.7. The summed E-state index contributed by atoms with van der Waals surface area (Å²) in [6, 6.07) is 0. The maximum Gasteiger partial charge on any atom is 0.306 e. The first-order valence-corrected chi connectivity index (χ1v) is 22.2. The monoisotopic (exact) mass is 718 g/mol. The van der Waals surface area contributed by atoms with Crippen LogP contribution in [0, 0.1) is 0 Å². The smallest absolute Gasteiger partial charge is 0.306 e. The molecule has 0 unspecified atom stereocenters. The number of rotatable bonds is 38. The van der Waals surface area contributed by atoms with Crippen LogP contribution in [-0.2, 0) is 9.53 Å². The van der Waals surface area contributed by atoms with Gasteiger partial charge in [-0.2, -0.15) is 0 Å². The molecule has 0 bridgehead atoms. The Morgan fingerprint density at radius 3 is 1.47 bits per heavy atom. The first-order valence-electron chi connectivity index (χ1n) is 22.2. The van der Waals surface area contributed by atoms with Crippen molar-refractivity contribution in [2.24, 2.45) is 0 Å². The van der Waals surface area contributed by atoms with E-state index in [1.807, 2.05) is 18.7 Å². The summed E-state index contributed by atoms with van der Waals surface area (Å²) in [6.45, 7) is 16.2. The normalized spacial score (nSPS) is 11.7. The molecule has 1 aromatic rings. The van der Waals surface area contributed by atoms with E-state index in [1.54, 1.807) is 0 Å². The summed E-state index contributed by atoms with van der Waals surface area (Å²) in [6.07, 6.45) is 32.4. The molecule has 0 aromatic heterocycles. The second-order valence-corrected chi connectivity index (χ2v) is 15.2. The number of ether oxygens (including phenoxy) is 1. The van der Waals surface area contributed by atoms with Crippen LogP contribution in [-0.4, -0.2) is 56.2 Å². The number of unbranched alkanes of at least 4 members (excludes halogenated alkanes) is 19. The zero-order chi connectivity index (χ0) is 37.4. The van der Waals surface area contributed by atoms with E-state index in [-0.39, 0.29) is 22.9 Å². The molecule has 0 aliphatic heterocycles. The molecular weight excluding hydrogens is 635 g/mol. The maximum absolute atomic E-state index is 12.8. The highest BCUT2D eigenvalue weighted by molar-refractivity contribution is 5.75. The summed E-state index contributed by atoms with van der Waals surface area (Å²) < 4.78 is 6.05. The van der Waals surface area contributed by atoms with Gasteiger partial charge in [-0.05, 0) is 84.8 Å². The molecule has 0 aliphatic carbocycles. The lowest BCUT2D eigenvalue weighted by Crippen LogP contribution is -2.43. The van der Waals surface area contributed by atoms with Gasteiger partial charge in [0, 0.05) is 26.1 Å². The number of esters is 1. The van der Waals surface area contributed by atoms with Crippen molar-refractivity contribution in [3.05, 3.63) is 20.4 Å². The van der Waals surface area contributed by atoms with Crippen LogP contribution in [0.5, 0.6) is 0 Å². The van der Waals surface area contributed by atoms with Crippen LogP contribution < -0.4 is 21.1 Å². The van der Waals surface area contributed by atoms with E-state index in [0.717, 1.165) is 71.2 Å². The predicted molar refractivity (Wildman–Crippen MR) is 221 cm³/mol. The summed E-state index contributed by atoms with van der Waals surface area (Å²) in [7, 11) is 0. The third-order valence-corrected chi connectivity index (χ3v) is 10.7. The largest absolute Gasteiger partial charge is 0.462 e.